The molecule has 1 amide bonds. The van der Waals surface area contributed by atoms with Crippen LogP contribution in [0.3, 0.4) is 0 Å². The van der Waals surface area contributed by atoms with Gasteiger partial charge in [0, 0.05) is 24.2 Å². The molecule has 0 aliphatic carbocycles. The van der Waals surface area contributed by atoms with Crippen LogP contribution in [0.1, 0.15) is 37.0 Å². The molecule has 0 saturated carbocycles. The van der Waals surface area contributed by atoms with Gasteiger partial charge in [0.2, 0.25) is 0 Å². The predicted octanol–water partition coefficient (Wildman–Crippen LogP) is 3.88. The SMILES string of the molecule is CCCOc1ccc(C(=O)CCNc2ccc3c(c2)NC(=O)[C@H](C)O3)cc1. The van der Waals surface area contributed by atoms with Gasteiger partial charge in [0.25, 0.3) is 5.91 Å². The zero-order chi connectivity index (χ0) is 19.2. The lowest BCUT2D eigenvalue weighted by Gasteiger charge is -2.23. The van der Waals surface area contributed by atoms with Crippen LogP contribution in [0.15, 0.2) is 42.5 Å². The van der Waals surface area contributed by atoms with Crippen LogP contribution >= 0.6 is 0 Å². The van der Waals surface area contributed by atoms with Gasteiger partial charge in [-0.25, -0.2) is 0 Å². The van der Waals surface area contributed by atoms with E-state index >= 15 is 0 Å². The monoisotopic (exact) mass is 368 g/mol. The maximum absolute atomic E-state index is 12.3. The van der Waals surface area contributed by atoms with Gasteiger partial charge >= 0.3 is 0 Å². The Morgan fingerprint density at radius 2 is 2.00 bits per heavy atom. The van der Waals surface area contributed by atoms with Crippen LogP contribution in [0.25, 0.3) is 0 Å². The Hall–Kier alpha value is -3.02. The first-order chi connectivity index (χ1) is 13.1. The number of Topliss-reactive ketones (excluding diaryl/α,β-unsaturated/α-hetero) is 1. The first-order valence-electron chi connectivity index (χ1n) is 9.18. The maximum Gasteiger partial charge on any atom is 0.265 e. The third kappa shape index (κ3) is 4.78. The van der Waals surface area contributed by atoms with Gasteiger partial charge in [-0.1, -0.05) is 6.92 Å². The second-order valence-electron chi connectivity index (χ2n) is 6.43. The molecule has 3 rings (SSSR count). The first kappa shape index (κ1) is 18.8. The Balaban J connectivity index is 1.51. The minimum atomic E-state index is -0.493. The zero-order valence-corrected chi connectivity index (χ0v) is 15.6. The number of ether oxygens (including phenoxy) is 2. The molecule has 142 valence electrons. The summed E-state index contributed by atoms with van der Waals surface area (Å²) in [6, 6.07) is 12.7. The van der Waals surface area contributed by atoms with E-state index in [-0.39, 0.29) is 11.7 Å². The number of fused-ring (bicyclic) bond motifs is 1. The molecule has 2 aromatic carbocycles. The zero-order valence-electron chi connectivity index (χ0n) is 15.6. The van der Waals surface area contributed by atoms with Gasteiger partial charge in [-0.15, -0.1) is 0 Å². The molecule has 6 heteroatoms. The van der Waals surface area contributed by atoms with E-state index in [0.717, 1.165) is 17.9 Å². The highest BCUT2D eigenvalue weighted by Crippen LogP contribution is 2.32. The van der Waals surface area contributed by atoms with E-state index in [1.165, 1.54) is 0 Å². The number of benzene rings is 2. The number of hydrogen-bond donors (Lipinski definition) is 2. The largest absolute Gasteiger partial charge is 0.494 e. The molecule has 0 fully saturated rings. The van der Waals surface area contributed by atoms with Gasteiger partial charge < -0.3 is 20.1 Å². The second kappa shape index (κ2) is 8.58. The first-order valence-corrected chi connectivity index (χ1v) is 9.18. The summed E-state index contributed by atoms with van der Waals surface area (Å²) in [6.07, 6.45) is 0.823. The van der Waals surface area contributed by atoms with E-state index in [1.807, 2.05) is 30.3 Å². The highest BCUT2D eigenvalue weighted by Gasteiger charge is 2.23. The predicted molar refractivity (Wildman–Crippen MR) is 105 cm³/mol. The minimum absolute atomic E-state index is 0.0629. The molecular weight excluding hydrogens is 344 g/mol. The van der Waals surface area contributed by atoms with E-state index in [4.69, 9.17) is 9.47 Å². The van der Waals surface area contributed by atoms with Crippen LogP contribution in [0.5, 0.6) is 11.5 Å². The third-order valence-corrected chi connectivity index (χ3v) is 4.24. The van der Waals surface area contributed by atoms with Gasteiger partial charge in [-0.2, -0.15) is 0 Å². The number of nitrogens with one attached hydrogen (secondary N) is 2. The van der Waals surface area contributed by atoms with Crippen LogP contribution in [-0.4, -0.2) is 30.9 Å². The molecule has 0 bridgehead atoms. The van der Waals surface area contributed by atoms with Crippen LogP contribution in [0.2, 0.25) is 0 Å². The van der Waals surface area contributed by atoms with Crippen LogP contribution in [-0.2, 0) is 4.79 Å². The molecule has 27 heavy (non-hydrogen) atoms. The van der Waals surface area contributed by atoms with E-state index in [0.29, 0.717) is 36.6 Å². The Morgan fingerprint density at radius 1 is 1.22 bits per heavy atom. The van der Waals surface area contributed by atoms with Crippen molar-refractivity contribution in [3.63, 3.8) is 0 Å². The van der Waals surface area contributed by atoms with Crippen molar-refractivity contribution in [3.05, 3.63) is 48.0 Å². The molecule has 1 aliphatic heterocycles. The molecule has 2 aromatic rings. The van der Waals surface area contributed by atoms with E-state index in [1.54, 1.807) is 19.1 Å². The van der Waals surface area contributed by atoms with Crippen molar-refractivity contribution in [1.82, 2.24) is 0 Å². The average Bonchev–Trinajstić information content (AvgIpc) is 2.67. The molecule has 6 nitrogen and oxygen atoms in total. The van der Waals surface area contributed by atoms with Crippen molar-refractivity contribution in [2.45, 2.75) is 32.8 Å². The number of ketones is 1. The molecular formula is C21H24N2O4. The molecule has 0 radical (unpaired) electrons. The summed E-state index contributed by atoms with van der Waals surface area (Å²) in [4.78, 5) is 24.0. The maximum atomic E-state index is 12.3. The molecule has 2 N–H and O–H groups in total. The second-order valence-corrected chi connectivity index (χ2v) is 6.43. The summed E-state index contributed by atoms with van der Waals surface area (Å²) in [6.45, 7) is 4.92. The van der Waals surface area contributed by atoms with Gasteiger partial charge in [0.15, 0.2) is 11.9 Å². The Labute approximate surface area is 158 Å². The number of carbonyl (C=O) groups is 2. The summed E-state index contributed by atoms with van der Waals surface area (Å²) in [7, 11) is 0. The summed E-state index contributed by atoms with van der Waals surface area (Å²) in [5.74, 6) is 1.32. The normalized spacial score (nSPS) is 15.3. The summed E-state index contributed by atoms with van der Waals surface area (Å²) >= 11 is 0. The van der Waals surface area contributed by atoms with Gasteiger partial charge in [-0.3, -0.25) is 9.59 Å². The number of carbonyl (C=O) groups excluding carboxylic acids is 2. The topological polar surface area (TPSA) is 76.7 Å². The number of rotatable bonds is 8. The molecule has 0 spiro atoms. The summed E-state index contributed by atoms with van der Waals surface area (Å²) in [5, 5.41) is 6.02. The van der Waals surface area contributed by atoms with E-state index in [2.05, 4.69) is 17.6 Å². The van der Waals surface area contributed by atoms with Crippen molar-refractivity contribution in [1.29, 1.82) is 0 Å². The molecule has 1 aliphatic rings. The Bertz CT molecular complexity index is 817. The van der Waals surface area contributed by atoms with Crippen LogP contribution in [0, 0.1) is 0 Å². The number of hydrogen-bond acceptors (Lipinski definition) is 5. The molecule has 1 atom stereocenters. The van der Waals surface area contributed by atoms with Crippen molar-refractivity contribution in [2.75, 3.05) is 23.8 Å². The lowest BCUT2D eigenvalue weighted by Crippen LogP contribution is -2.34. The molecule has 0 saturated heterocycles. The Morgan fingerprint density at radius 3 is 2.74 bits per heavy atom. The van der Waals surface area contributed by atoms with Gasteiger partial charge in [-0.05, 0) is 55.8 Å². The van der Waals surface area contributed by atoms with E-state index in [9.17, 15) is 9.59 Å². The fourth-order valence-electron chi connectivity index (χ4n) is 2.74. The number of amides is 1. The Kier molecular flexibility index (Phi) is 5.96. The van der Waals surface area contributed by atoms with Crippen molar-refractivity contribution in [3.8, 4) is 11.5 Å². The molecule has 1 heterocycles. The summed E-state index contributed by atoms with van der Waals surface area (Å²) < 4.78 is 11.1. The third-order valence-electron chi connectivity index (χ3n) is 4.24. The van der Waals surface area contributed by atoms with Crippen molar-refractivity contribution < 1.29 is 19.1 Å². The highest BCUT2D eigenvalue weighted by atomic mass is 16.5. The standard InChI is InChI=1S/C21H24N2O4/c1-3-12-26-17-7-4-15(5-8-17)19(24)10-11-22-16-6-9-20-18(13-16)23-21(25)14(2)27-20/h4-9,13-14,22H,3,10-12H2,1-2H3,(H,23,25)/t14-/m0/s1. The number of anilines is 2. The lowest BCUT2D eigenvalue weighted by atomic mass is 10.1. The average molecular weight is 368 g/mol. The fourth-order valence-corrected chi connectivity index (χ4v) is 2.74. The van der Waals surface area contributed by atoms with Crippen LogP contribution in [0.4, 0.5) is 11.4 Å². The van der Waals surface area contributed by atoms with Gasteiger partial charge in [0.1, 0.15) is 11.5 Å². The quantitative estimate of drug-likeness (QED) is 0.692. The van der Waals surface area contributed by atoms with Crippen molar-refractivity contribution in [2.24, 2.45) is 0 Å². The lowest BCUT2D eigenvalue weighted by molar-refractivity contribution is -0.122. The molecule has 0 unspecified atom stereocenters. The minimum Gasteiger partial charge on any atom is -0.494 e. The smallest absolute Gasteiger partial charge is 0.265 e. The fraction of sp³-hybridized carbons (Fsp3) is 0.333. The van der Waals surface area contributed by atoms with Crippen LogP contribution < -0.4 is 20.1 Å². The molecule has 0 aromatic heterocycles. The van der Waals surface area contributed by atoms with Crippen molar-refractivity contribution >= 4 is 23.1 Å². The van der Waals surface area contributed by atoms with E-state index < -0.39 is 6.10 Å². The summed E-state index contributed by atoms with van der Waals surface area (Å²) in [5.41, 5.74) is 2.13. The highest BCUT2D eigenvalue weighted by molar-refractivity contribution is 5.98. The van der Waals surface area contributed by atoms with Gasteiger partial charge in [0.05, 0.1) is 12.3 Å².